The molecule has 0 saturated heterocycles. The first-order valence-electron chi connectivity index (χ1n) is 13.6. The number of benzene rings is 1. The summed E-state index contributed by atoms with van der Waals surface area (Å²) in [5, 5.41) is 18.5. The molecule has 2 amide bonds. The topological polar surface area (TPSA) is 132 Å². The summed E-state index contributed by atoms with van der Waals surface area (Å²) in [4.78, 5) is 35.6. The van der Waals surface area contributed by atoms with E-state index in [4.69, 9.17) is 10.00 Å². The summed E-state index contributed by atoms with van der Waals surface area (Å²) < 4.78 is 5.38. The van der Waals surface area contributed by atoms with Crippen molar-refractivity contribution in [2.24, 2.45) is 5.92 Å². The van der Waals surface area contributed by atoms with Crippen LogP contribution in [-0.4, -0.2) is 58.1 Å². The van der Waals surface area contributed by atoms with Crippen LogP contribution in [0.4, 0.5) is 22.2 Å². The largest absolute Gasteiger partial charge is 0.444 e. The molecule has 10 heteroatoms. The fourth-order valence-corrected chi connectivity index (χ4v) is 4.21. The summed E-state index contributed by atoms with van der Waals surface area (Å²) in [7, 11) is 1.57. The molecular formula is C30H39N7O3. The van der Waals surface area contributed by atoms with Crippen LogP contribution >= 0.6 is 0 Å². The summed E-state index contributed by atoms with van der Waals surface area (Å²) >= 11 is 0. The zero-order chi connectivity index (χ0) is 29.3. The maximum absolute atomic E-state index is 12.9. The van der Waals surface area contributed by atoms with Gasteiger partial charge in [0.1, 0.15) is 17.5 Å². The number of hydrogen-bond donors (Lipinski definition) is 3. The Morgan fingerprint density at radius 1 is 1.23 bits per heavy atom. The van der Waals surface area contributed by atoms with Crippen LogP contribution in [0.2, 0.25) is 0 Å². The van der Waals surface area contributed by atoms with Crippen LogP contribution in [0.25, 0.3) is 0 Å². The Bertz CT molecular complexity index is 1290. The zero-order valence-electron chi connectivity index (χ0n) is 24.2. The third-order valence-electron chi connectivity index (χ3n) is 6.48. The van der Waals surface area contributed by atoms with E-state index in [9.17, 15) is 9.59 Å². The maximum Gasteiger partial charge on any atom is 0.410 e. The number of aromatic nitrogens is 2. The van der Waals surface area contributed by atoms with Gasteiger partial charge in [-0.3, -0.25) is 9.69 Å². The van der Waals surface area contributed by atoms with E-state index < -0.39 is 17.7 Å². The lowest BCUT2D eigenvalue weighted by molar-refractivity contribution is -0.126. The van der Waals surface area contributed by atoms with E-state index in [1.807, 2.05) is 6.92 Å². The minimum atomic E-state index is -0.655. The van der Waals surface area contributed by atoms with E-state index in [0.717, 1.165) is 31.4 Å². The molecule has 1 saturated carbocycles. The second-order valence-electron chi connectivity index (χ2n) is 10.9. The third-order valence-corrected chi connectivity index (χ3v) is 6.48. The highest BCUT2D eigenvalue weighted by Crippen LogP contribution is 2.25. The quantitative estimate of drug-likeness (QED) is 0.423. The molecule has 1 aromatic heterocycles. The smallest absolute Gasteiger partial charge is 0.410 e. The second-order valence-corrected chi connectivity index (χ2v) is 10.9. The van der Waals surface area contributed by atoms with E-state index in [-0.39, 0.29) is 17.9 Å². The van der Waals surface area contributed by atoms with E-state index >= 15 is 0 Å². The molecule has 3 rings (SSSR count). The Labute approximate surface area is 236 Å². The van der Waals surface area contributed by atoms with Crippen LogP contribution in [0.5, 0.6) is 0 Å². The fraction of sp³-hybridized carbons (Fsp3) is 0.500. The van der Waals surface area contributed by atoms with Crippen LogP contribution < -0.4 is 16.0 Å². The van der Waals surface area contributed by atoms with Crippen molar-refractivity contribution in [2.45, 2.75) is 78.0 Å². The molecule has 3 N–H and O–H groups in total. The van der Waals surface area contributed by atoms with Gasteiger partial charge < -0.3 is 20.7 Å². The van der Waals surface area contributed by atoms with E-state index in [0.29, 0.717) is 29.4 Å². The molecule has 2 aromatic rings. The molecule has 10 nitrogen and oxygen atoms in total. The summed E-state index contributed by atoms with van der Waals surface area (Å²) in [5.74, 6) is 7.58. The average molecular weight is 546 g/mol. The van der Waals surface area contributed by atoms with Gasteiger partial charge >= 0.3 is 6.09 Å². The zero-order valence-corrected chi connectivity index (χ0v) is 24.2. The first-order valence-corrected chi connectivity index (χ1v) is 13.6. The highest BCUT2D eigenvalue weighted by atomic mass is 16.6. The molecule has 1 fully saturated rings. The van der Waals surface area contributed by atoms with Gasteiger partial charge in [-0.05, 0) is 78.1 Å². The maximum atomic E-state index is 12.9. The molecular weight excluding hydrogens is 506 g/mol. The monoisotopic (exact) mass is 545 g/mol. The van der Waals surface area contributed by atoms with Gasteiger partial charge in [0.15, 0.2) is 0 Å². The number of nitrogens with zero attached hydrogens (tertiary/aromatic N) is 4. The van der Waals surface area contributed by atoms with Gasteiger partial charge in [0, 0.05) is 31.2 Å². The predicted molar refractivity (Wildman–Crippen MR) is 155 cm³/mol. The molecule has 0 bridgehead atoms. The number of nitrogens with one attached hydrogen (secondary N) is 3. The summed E-state index contributed by atoms with van der Waals surface area (Å²) in [5.41, 5.74) is 1.43. The summed E-state index contributed by atoms with van der Waals surface area (Å²) in [6.07, 6.45) is 4.66. The number of likely N-dealkylation sites (N-methyl/N-ethyl adjacent to an activating group) is 1. The number of rotatable bonds is 7. The lowest BCUT2D eigenvalue weighted by Crippen LogP contribution is -2.50. The Kier molecular flexibility index (Phi) is 10.3. The number of ether oxygens (including phenoxy) is 1. The summed E-state index contributed by atoms with van der Waals surface area (Å²) in [6, 6.07) is 8.49. The Hall–Kier alpha value is -4.31. The molecule has 40 heavy (non-hydrogen) atoms. The van der Waals surface area contributed by atoms with Gasteiger partial charge in [-0.25, -0.2) is 9.78 Å². The standard InChI is InChI=1S/C30H39N7O3/c1-7-32-26-23(19-33-28(36-26)35-24-15-12-22(18-31)13-16-24)14-11-21-9-8-10-25(17-21)34-27(38)20(2)37(6)29(39)40-30(3,4)5/h12-13,15-16,19-21,25H,7-10,17H2,1-6H3,(H,34,38)(H2,32,33,35,36)/t20-,21-,25-/m0/s1. The van der Waals surface area contributed by atoms with Gasteiger partial charge in [-0.15, -0.1) is 0 Å². The van der Waals surface area contributed by atoms with Gasteiger partial charge in [-0.1, -0.05) is 18.3 Å². The Morgan fingerprint density at radius 2 is 1.95 bits per heavy atom. The molecule has 1 heterocycles. The SMILES string of the molecule is CCNc1nc(Nc2ccc(C#N)cc2)ncc1C#C[C@@H]1CCC[C@H](NC(=O)[C@H](C)N(C)C(=O)OC(C)(C)C)C1. The van der Waals surface area contributed by atoms with Crippen molar-refractivity contribution >= 4 is 29.5 Å². The van der Waals surface area contributed by atoms with Gasteiger partial charge in [0.25, 0.3) is 0 Å². The van der Waals surface area contributed by atoms with E-state index in [1.54, 1.807) is 65.2 Å². The lowest BCUT2D eigenvalue weighted by Gasteiger charge is -2.31. The highest BCUT2D eigenvalue weighted by Gasteiger charge is 2.29. The third kappa shape index (κ3) is 8.88. The molecule has 0 aliphatic heterocycles. The first-order chi connectivity index (χ1) is 19.0. The van der Waals surface area contributed by atoms with Crippen molar-refractivity contribution in [3.63, 3.8) is 0 Å². The molecule has 1 aliphatic rings. The van der Waals surface area contributed by atoms with Gasteiger partial charge in [0.2, 0.25) is 11.9 Å². The van der Waals surface area contributed by atoms with Crippen molar-refractivity contribution in [1.29, 1.82) is 5.26 Å². The van der Waals surface area contributed by atoms with Crippen molar-refractivity contribution in [2.75, 3.05) is 24.2 Å². The lowest BCUT2D eigenvalue weighted by atomic mass is 9.86. The molecule has 0 spiro atoms. The highest BCUT2D eigenvalue weighted by molar-refractivity contribution is 5.85. The molecule has 0 radical (unpaired) electrons. The minimum Gasteiger partial charge on any atom is -0.444 e. The number of anilines is 3. The molecule has 0 unspecified atom stereocenters. The number of hydrogen-bond acceptors (Lipinski definition) is 8. The van der Waals surface area contributed by atoms with Gasteiger partial charge in [-0.2, -0.15) is 10.2 Å². The van der Waals surface area contributed by atoms with Crippen molar-refractivity contribution in [3.05, 3.63) is 41.6 Å². The fourth-order valence-electron chi connectivity index (χ4n) is 4.21. The Balaban J connectivity index is 1.63. The molecule has 1 aliphatic carbocycles. The molecule has 3 atom stereocenters. The van der Waals surface area contributed by atoms with Gasteiger partial charge in [0.05, 0.1) is 23.4 Å². The number of carbonyl (C=O) groups is 2. The van der Waals surface area contributed by atoms with Crippen molar-refractivity contribution < 1.29 is 14.3 Å². The van der Waals surface area contributed by atoms with Crippen LogP contribution in [-0.2, 0) is 9.53 Å². The second kappa shape index (κ2) is 13.7. The first kappa shape index (κ1) is 30.2. The predicted octanol–water partition coefficient (Wildman–Crippen LogP) is 4.81. The van der Waals surface area contributed by atoms with E-state index in [1.165, 1.54) is 4.90 Å². The number of carbonyl (C=O) groups excluding carboxylic acids is 2. The van der Waals surface area contributed by atoms with Crippen LogP contribution in [0.15, 0.2) is 30.5 Å². The van der Waals surface area contributed by atoms with E-state index in [2.05, 4.69) is 43.8 Å². The normalized spacial score (nSPS) is 17.3. The Morgan fingerprint density at radius 3 is 2.60 bits per heavy atom. The van der Waals surface area contributed by atoms with Crippen LogP contribution in [0.3, 0.4) is 0 Å². The van der Waals surface area contributed by atoms with Crippen molar-refractivity contribution in [3.8, 4) is 17.9 Å². The number of amides is 2. The van der Waals surface area contributed by atoms with Crippen LogP contribution in [0.1, 0.15) is 71.4 Å². The summed E-state index contributed by atoms with van der Waals surface area (Å²) in [6.45, 7) is 9.74. The average Bonchev–Trinajstić information content (AvgIpc) is 2.91. The van der Waals surface area contributed by atoms with Crippen molar-refractivity contribution in [1.82, 2.24) is 20.2 Å². The minimum absolute atomic E-state index is 0.0153. The van der Waals surface area contributed by atoms with Crippen LogP contribution in [0, 0.1) is 29.1 Å². The molecule has 1 aromatic carbocycles. The molecule has 212 valence electrons. The number of nitriles is 1.